The SMILES string of the molecule is CCC1=C(C)/C(=C/c2[nH]c(CC3=N/C(=C/c4[nH]c(C)c(C)c4C)C=C3)c(CC)c2C)N=C1CC1=N/C(=C\c2[nH]c(CC3=N/C(=C/c4[nH]c(C)c(C)c4C)C=C3)c(CC)c2C)C(C)=C1CC. The highest BCUT2D eigenvalue weighted by Gasteiger charge is 2.27. The molecule has 0 aliphatic carbocycles. The van der Waals surface area contributed by atoms with Crippen LogP contribution in [0.25, 0.3) is 24.3 Å². The fourth-order valence-corrected chi connectivity index (χ4v) is 10.2. The van der Waals surface area contributed by atoms with E-state index >= 15 is 0 Å². The van der Waals surface area contributed by atoms with Gasteiger partial charge in [-0.25, -0.2) is 0 Å². The third-order valence-electron chi connectivity index (χ3n) is 14.6. The standard InChI is InChI=1S/C57H68N8/c1-15-44-34(9)50(62-54(44)25-42-21-19-40(60-42)23-48-32(7)30(5)38(13)58-48)27-52-36(11)46(17-3)56(64-52)29-57-47(18-4)37(12)53(65-57)28-51-35(10)45(16-2)55(63-51)26-43-22-20-41(61-43)24-49-33(8)31(6)39(14)59-49/h19-24,27-28,58-59,62-63H,15-18,25-26,29H2,1-14H3/b40-23+,41-24+,52-27-,53-28-. The summed E-state index contributed by atoms with van der Waals surface area (Å²) < 4.78 is 0. The Morgan fingerprint density at radius 3 is 1.12 bits per heavy atom. The zero-order chi connectivity index (χ0) is 46.4. The molecular weight excluding hydrogens is 797 g/mol. The van der Waals surface area contributed by atoms with Gasteiger partial charge >= 0.3 is 0 Å². The molecule has 0 fully saturated rings. The first-order chi connectivity index (χ1) is 31.1. The van der Waals surface area contributed by atoms with Crippen molar-refractivity contribution >= 4 is 47.2 Å². The van der Waals surface area contributed by atoms with E-state index in [-0.39, 0.29) is 0 Å². The highest BCUT2D eigenvalue weighted by molar-refractivity contribution is 6.21. The molecule has 0 amide bonds. The molecule has 0 unspecified atom stereocenters. The van der Waals surface area contributed by atoms with E-state index in [0.29, 0.717) is 6.42 Å². The van der Waals surface area contributed by atoms with E-state index in [2.05, 4.69) is 165 Å². The van der Waals surface area contributed by atoms with Gasteiger partial charge in [0.1, 0.15) is 0 Å². The average Bonchev–Trinajstić information content (AvgIpc) is 4.18. The molecule has 4 aromatic rings. The van der Waals surface area contributed by atoms with Gasteiger partial charge in [-0.3, -0.25) is 20.0 Å². The minimum Gasteiger partial charge on any atom is -0.359 e. The maximum absolute atomic E-state index is 5.37. The van der Waals surface area contributed by atoms with Crippen LogP contribution in [0, 0.1) is 55.4 Å². The molecule has 4 N–H and O–H groups in total. The van der Waals surface area contributed by atoms with Crippen molar-refractivity contribution in [3.63, 3.8) is 0 Å². The van der Waals surface area contributed by atoms with E-state index in [1.54, 1.807) is 0 Å². The Morgan fingerprint density at radius 1 is 0.400 bits per heavy atom. The first-order valence-electron chi connectivity index (χ1n) is 23.8. The number of hydrogen-bond acceptors (Lipinski definition) is 4. The first kappa shape index (κ1) is 45.3. The predicted molar refractivity (Wildman–Crippen MR) is 278 cm³/mol. The van der Waals surface area contributed by atoms with Crippen LogP contribution in [0.15, 0.2) is 89.4 Å². The lowest BCUT2D eigenvalue weighted by Crippen LogP contribution is -2.10. The number of H-pyrrole nitrogens is 4. The summed E-state index contributed by atoms with van der Waals surface area (Å²) in [6, 6.07) is 0. The van der Waals surface area contributed by atoms with Gasteiger partial charge in [-0.05, 0) is 210 Å². The monoisotopic (exact) mass is 865 g/mol. The number of rotatable bonds is 14. The Bertz CT molecular complexity index is 2810. The second-order valence-corrected chi connectivity index (χ2v) is 18.4. The van der Waals surface area contributed by atoms with Crippen molar-refractivity contribution in [3.8, 4) is 0 Å². The molecule has 8 heterocycles. The second-order valence-electron chi connectivity index (χ2n) is 18.4. The number of aryl methyl sites for hydroxylation is 2. The van der Waals surface area contributed by atoms with Crippen molar-refractivity contribution in [1.82, 2.24) is 19.9 Å². The summed E-state index contributed by atoms with van der Waals surface area (Å²) in [7, 11) is 0. The molecule has 0 spiro atoms. The lowest BCUT2D eigenvalue weighted by Gasteiger charge is -2.08. The molecule has 4 aromatic heterocycles. The van der Waals surface area contributed by atoms with Gasteiger partial charge in [0.05, 0.1) is 34.2 Å². The summed E-state index contributed by atoms with van der Waals surface area (Å²) in [6.07, 6.45) is 23.4. The molecule has 0 bridgehead atoms. The van der Waals surface area contributed by atoms with Gasteiger partial charge in [-0.1, -0.05) is 27.7 Å². The zero-order valence-corrected chi connectivity index (χ0v) is 41.4. The maximum atomic E-state index is 5.37. The predicted octanol–water partition coefficient (Wildman–Crippen LogP) is 13.9. The molecule has 4 aliphatic rings. The molecule has 0 saturated heterocycles. The summed E-state index contributed by atoms with van der Waals surface area (Å²) in [4.78, 5) is 35.4. The fraction of sp³-hybridized carbons (Fsp3) is 0.368. The number of allylic oxidation sites excluding steroid dienone is 8. The lowest BCUT2D eigenvalue weighted by atomic mass is 9.95. The molecule has 8 heteroatoms. The van der Waals surface area contributed by atoms with Gasteiger partial charge in [-0.15, -0.1) is 0 Å². The fourth-order valence-electron chi connectivity index (χ4n) is 10.2. The van der Waals surface area contributed by atoms with Crippen LogP contribution in [0.3, 0.4) is 0 Å². The highest BCUT2D eigenvalue weighted by Crippen LogP contribution is 2.37. The van der Waals surface area contributed by atoms with E-state index in [0.717, 1.165) is 107 Å². The summed E-state index contributed by atoms with van der Waals surface area (Å²) >= 11 is 0. The van der Waals surface area contributed by atoms with Crippen LogP contribution in [-0.4, -0.2) is 42.8 Å². The minimum absolute atomic E-state index is 0.715. The Labute approximate surface area is 386 Å². The molecule has 8 nitrogen and oxygen atoms in total. The van der Waals surface area contributed by atoms with Crippen LogP contribution in [0.2, 0.25) is 0 Å². The molecule has 0 aromatic carbocycles. The van der Waals surface area contributed by atoms with Gasteiger partial charge in [0.25, 0.3) is 0 Å². The third-order valence-corrected chi connectivity index (χ3v) is 14.6. The normalized spacial score (nSPS) is 18.7. The molecule has 8 rings (SSSR count). The Balaban J connectivity index is 1.02. The van der Waals surface area contributed by atoms with Crippen molar-refractivity contribution < 1.29 is 0 Å². The van der Waals surface area contributed by atoms with Gasteiger partial charge in [0.2, 0.25) is 0 Å². The van der Waals surface area contributed by atoms with E-state index in [1.807, 2.05) is 0 Å². The lowest BCUT2D eigenvalue weighted by molar-refractivity contribution is 1.06. The van der Waals surface area contributed by atoms with Gasteiger partial charge < -0.3 is 19.9 Å². The number of aliphatic imine (C=N–C) groups is 4. The molecule has 0 saturated carbocycles. The zero-order valence-electron chi connectivity index (χ0n) is 41.4. The highest BCUT2D eigenvalue weighted by atomic mass is 14.9. The van der Waals surface area contributed by atoms with Crippen LogP contribution < -0.4 is 0 Å². The number of nitrogens with one attached hydrogen (secondary N) is 4. The van der Waals surface area contributed by atoms with E-state index in [1.165, 1.54) is 89.6 Å². The molecule has 0 radical (unpaired) electrons. The number of aromatic amines is 4. The average molecular weight is 865 g/mol. The number of hydrogen-bond donors (Lipinski definition) is 4. The second kappa shape index (κ2) is 18.3. The molecule has 65 heavy (non-hydrogen) atoms. The van der Waals surface area contributed by atoms with Gasteiger partial charge in [0.15, 0.2) is 0 Å². The van der Waals surface area contributed by atoms with E-state index in [9.17, 15) is 0 Å². The van der Waals surface area contributed by atoms with Crippen molar-refractivity contribution in [1.29, 1.82) is 0 Å². The van der Waals surface area contributed by atoms with Gasteiger partial charge in [-0.2, -0.15) is 0 Å². The molecular formula is C57H68N8. The topological polar surface area (TPSA) is 113 Å². The number of aromatic nitrogens is 4. The quantitative estimate of drug-likeness (QED) is 0.0968. The Hall–Kier alpha value is -6.28. The van der Waals surface area contributed by atoms with Crippen molar-refractivity contribution in [3.05, 3.63) is 159 Å². The van der Waals surface area contributed by atoms with E-state index in [4.69, 9.17) is 20.0 Å². The van der Waals surface area contributed by atoms with Crippen LogP contribution >= 0.6 is 0 Å². The van der Waals surface area contributed by atoms with E-state index < -0.39 is 0 Å². The largest absolute Gasteiger partial charge is 0.359 e. The van der Waals surface area contributed by atoms with Crippen LogP contribution in [0.1, 0.15) is 151 Å². The summed E-state index contributed by atoms with van der Waals surface area (Å²) in [5.74, 6) is 0. The van der Waals surface area contributed by atoms with Crippen LogP contribution in [0.5, 0.6) is 0 Å². The van der Waals surface area contributed by atoms with Crippen LogP contribution in [0.4, 0.5) is 0 Å². The maximum Gasteiger partial charge on any atom is 0.0686 e. The van der Waals surface area contributed by atoms with Crippen molar-refractivity contribution in [2.24, 2.45) is 20.0 Å². The summed E-state index contributed by atoms with van der Waals surface area (Å²) in [5, 5.41) is 0. The number of nitrogens with zero attached hydrogens (tertiary/aromatic N) is 4. The Kier molecular flexibility index (Phi) is 12.8. The molecule has 0 atom stereocenters. The summed E-state index contributed by atoms with van der Waals surface area (Å²) in [6.45, 7) is 30.9. The minimum atomic E-state index is 0.715. The smallest absolute Gasteiger partial charge is 0.0686 e. The molecule has 336 valence electrons. The van der Waals surface area contributed by atoms with Gasteiger partial charge in [0, 0.05) is 76.2 Å². The van der Waals surface area contributed by atoms with Crippen molar-refractivity contribution in [2.75, 3.05) is 0 Å². The third kappa shape index (κ3) is 8.68. The first-order valence-corrected chi connectivity index (χ1v) is 23.8. The van der Waals surface area contributed by atoms with Crippen molar-refractivity contribution in [2.45, 2.75) is 142 Å². The molecule has 4 aliphatic heterocycles. The Morgan fingerprint density at radius 2 is 0.785 bits per heavy atom. The summed E-state index contributed by atoms with van der Waals surface area (Å²) in [5.41, 5.74) is 33.5. The van der Waals surface area contributed by atoms with Crippen LogP contribution in [-0.2, 0) is 25.7 Å².